The average molecular weight is 163 g/mol. The largest absolute Gasteiger partial charge is 0.313 e. The standard InChI is InChI=1S/C6H13NO2S/c1-6(7-2)3-4-10(8,9)5-6/h7H,3-5H2,1-2H3/t6-/m0/s1. The zero-order valence-electron chi connectivity index (χ0n) is 6.35. The molecule has 1 fully saturated rings. The van der Waals surface area contributed by atoms with E-state index in [1.165, 1.54) is 0 Å². The van der Waals surface area contributed by atoms with Crippen molar-refractivity contribution < 1.29 is 8.42 Å². The lowest BCUT2D eigenvalue weighted by Gasteiger charge is -2.20. The number of nitrogens with one attached hydrogen (secondary N) is 1. The summed E-state index contributed by atoms with van der Waals surface area (Å²) in [6.45, 7) is 1.94. The van der Waals surface area contributed by atoms with E-state index in [2.05, 4.69) is 5.32 Å². The molecule has 1 aliphatic heterocycles. The van der Waals surface area contributed by atoms with E-state index in [0.29, 0.717) is 5.75 Å². The van der Waals surface area contributed by atoms with Crippen LogP contribution >= 0.6 is 0 Å². The van der Waals surface area contributed by atoms with Crippen LogP contribution in [0.25, 0.3) is 0 Å². The molecule has 0 saturated carbocycles. The summed E-state index contributed by atoms with van der Waals surface area (Å²) < 4.78 is 21.9. The molecule has 1 aliphatic rings. The monoisotopic (exact) mass is 163 g/mol. The molecule has 4 heteroatoms. The quantitative estimate of drug-likeness (QED) is 0.581. The van der Waals surface area contributed by atoms with E-state index in [1.807, 2.05) is 6.92 Å². The summed E-state index contributed by atoms with van der Waals surface area (Å²) >= 11 is 0. The summed E-state index contributed by atoms with van der Waals surface area (Å²) in [7, 11) is -0.922. The van der Waals surface area contributed by atoms with E-state index in [-0.39, 0.29) is 11.3 Å². The molecule has 1 saturated heterocycles. The maximum absolute atomic E-state index is 11.0. The lowest BCUT2D eigenvalue weighted by atomic mass is 10.0. The summed E-state index contributed by atoms with van der Waals surface area (Å²) in [5.41, 5.74) is -0.168. The van der Waals surface area contributed by atoms with Crippen molar-refractivity contribution in [2.45, 2.75) is 18.9 Å². The van der Waals surface area contributed by atoms with Gasteiger partial charge in [-0.1, -0.05) is 0 Å². The summed E-state index contributed by atoms with van der Waals surface area (Å²) in [4.78, 5) is 0. The minimum Gasteiger partial charge on any atom is -0.313 e. The van der Waals surface area contributed by atoms with Gasteiger partial charge in [0.2, 0.25) is 0 Å². The number of hydrogen-bond acceptors (Lipinski definition) is 3. The first kappa shape index (κ1) is 8.01. The molecule has 60 valence electrons. The molecule has 10 heavy (non-hydrogen) atoms. The highest BCUT2D eigenvalue weighted by Gasteiger charge is 2.36. The third kappa shape index (κ3) is 1.49. The first-order chi connectivity index (χ1) is 4.47. The zero-order chi connectivity index (χ0) is 7.83. The lowest BCUT2D eigenvalue weighted by molar-refractivity contribution is 0.435. The molecule has 0 aromatic rings. The van der Waals surface area contributed by atoms with E-state index in [9.17, 15) is 8.42 Å². The minimum atomic E-state index is -2.73. The van der Waals surface area contributed by atoms with Gasteiger partial charge in [0, 0.05) is 5.54 Å². The molecule has 0 aromatic carbocycles. The van der Waals surface area contributed by atoms with Crippen LogP contribution in [0.5, 0.6) is 0 Å². The maximum Gasteiger partial charge on any atom is 0.152 e. The minimum absolute atomic E-state index is 0.168. The molecule has 1 rings (SSSR count). The van der Waals surface area contributed by atoms with Crippen LogP contribution in [0.2, 0.25) is 0 Å². The molecular formula is C6H13NO2S. The normalized spacial score (nSPS) is 38.2. The molecule has 0 amide bonds. The first-order valence-electron chi connectivity index (χ1n) is 3.37. The fraction of sp³-hybridized carbons (Fsp3) is 1.00. The van der Waals surface area contributed by atoms with E-state index in [0.717, 1.165) is 6.42 Å². The Morgan fingerprint density at radius 1 is 1.50 bits per heavy atom. The molecule has 1 heterocycles. The third-order valence-corrected chi connectivity index (χ3v) is 4.01. The topological polar surface area (TPSA) is 46.2 Å². The Bertz CT molecular complexity index is 222. The van der Waals surface area contributed by atoms with E-state index in [4.69, 9.17) is 0 Å². The van der Waals surface area contributed by atoms with Crippen LogP contribution in [0.4, 0.5) is 0 Å². The van der Waals surface area contributed by atoms with Crippen LogP contribution < -0.4 is 5.32 Å². The second-order valence-electron chi connectivity index (χ2n) is 3.15. The highest BCUT2D eigenvalue weighted by atomic mass is 32.2. The summed E-state index contributed by atoms with van der Waals surface area (Å²) in [5, 5.41) is 3.02. The van der Waals surface area contributed by atoms with Crippen LogP contribution in [0.1, 0.15) is 13.3 Å². The van der Waals surface area contributed by atoms with Crippen molar-refractivity contribution in [3.63, 3.8) is 0 Å². The van der Waals surface area contributed by atoms with Crippen LogP contribution in [0, 0.1) is 0 Å². The number of sulfone groups is 1. The average Bonchev–Trinajstić information content (AvgIpc) is 2.08. The Labute approximate surface area is 61.7 Å². The summed E-state index contributed by atoms with van der Waals surface area (Å²) in [6, 6.07) is 0. The maximum atomic E-state index is 11.0. The van der Waals surface area contributed by atoms with Crippen molar-refractivity contribution in [3.8, 4) is 0 Å². The molecule has 3 nitrogen and oxygen atoms in total. The van der Waals surface area contributed by atoms with Crippen LogP contribution in [-0.4, -0.2) is 32.5 Å². The molecule has 0 aromatic heterocycles. The Kier molecular flexibility index (Phi) is 1.76. The fourth-order valence-electron chi connectivity index (χ4n) is 1.21. The van der Waals surface area contributed by atoms with Gasteiger partial charge in [-0.15, -0.1) is 0 Å². The van der Waals surface area contributed by atoms with Gasteiger partial charge >= 0.3 is 0 Å². The van der Waals surface area contributed by atoms with Gasteiger partial charge in [-0.05, 0) is 20.4 Å². The molecule has 0 spiro atoms. The SMILES string of the molecule is CN[C@@]1(C)CCS(=O)(=O)C1. The number of rotatable bonds is 1. The number of hydrogen-bond donors (Lipinski definition) is 1. The van der Waals surface area contributed by atoms with Crippen LogP contribution in [0.15, 0.2) is 0 Å². The van der Waals surface area contributed by atoms with Crippen molar-refractivity contribution in [1.82, 2.24) is 5.32 Å². The van der Waals surface area contributed by atoms with Crippen molar-refractivity contribution in [2.24, 2.45) is 0 Å². The molecule has 0 bridgehead atoms. The highest BCUT2D eigenvalue weighted by Crippen LogP contribution is 2.21. The van der Waals surface area contributed by atoms with Gasteiger partial charge in [0.25, 0.3) is 0 Å². The van der Waals surface area contributed by atoms with E-state index < -0.39 is 9.84 Å². The van der Waals surface area contributed by atoms with Gasteiger partial charge in [-0.2, -0.15) is 0 Å². The van der Waals surface area contributed by atoms with Gasteiger partial charge in [0.15, 0.2) is 9.84 Å². The van der Waals surface area contributed by atoms with E-state index in [1.54, 1.807) is 7.05 Å². The Morgan fingerprint density at radius 2 is 2.10 bits per heavy atom. The fourth-order valence-corrected chi connectivity index (χ4v) is 3.37. The highest BCUT2D eigenvalue weighted by molar-refractivity contribution is 7.91. The van der Waals surface area contributed by atoms with Gasteiger partial charge in [0.1, 0.15) is 0 Å². The van der Waals surface area contributed by atoms with Gasteiger partial charge in [-0.25, -0.2) is 8.42 Å². The molecule has 1 N–H and O–H groups in total. The van der Waals surface area contributed by atoms with Crippen molar-refractivity contribution in [3.05, 3.63) is 0 Å². The van der Waals surface area contributed by atoms with Gasteiger partial charge < -0.3 is 5.32 Å². The lowest BCUT2D eigenvalue weighted by Crippen LogP contribution is -2.40. The molecule has 0 aliphatic carbocycles. The second kappa shape index (κ2) is 2.20. The van der Waals surface area contributed by atoms with Crippen molar-refractivity contribution in [2.75, 3.05) is 18.6 Å². The van der Waals surface area contributed by atoms with Crippen molar-refractivity contribution in [1.29, 1.82) is 0 Å². The Balaban J connectivity index is 2.76. The van der Waals surface area contributed by atoms with Crippen LogP contribution in [-0.2, 0) is 9.84 Å². The molecule has 1 atom stereocenters. The zero-order valence-corrected chi connectivity index (χ0v) is 7.16. The smallest absolute Gasteiger partial charge is 0.152 e. The Morgan fingerprint density at radius 3 is 2.30 bits per heavy atom. The van der Waals surface area contributed by atoms with E-state index >= 15 is 0 Å². The molecular weight excluding hydrogens is 150 g/mol. The second-order valence-corrected chi connectivity index (χ2v) is 5.34. The predicted molar refractivity (Wildman–Crippen MR) is 40.7 cm³/mol. The first-order valence-corrected chi connectivity index (χ1v) is 5.19. The van der Waals surface area contributed by atoms with Crippen molar-refractivity contribution >= 4 is 9.84 Å². The Hall–Kier alpha value is -0.0900. The van der Waals surface area contributed by atoms with Gasteiger partial charge in [-0.3, -0.25) is 0 Å². The summed E-state index contributed by atoms with van der Waals surface area (Å²) in [5.74, 6) is 0.626. The third-order valence-electron chi connectivity index (χ3n) is 2.11. The summed E-state index contributed by atoms with van der Waals surface area (Å²) in [6.07, 6.45) is 0.742. The van der Waals surface area contributed by atoms with Gasteiger partial charge in [0.05, 0.1) is 11.5 Å². The molecule has 0 radical (unpaired) electrons. The predicted octanol–water partition coefficient (Wildman–Crippen LogP) is -0.217. The molecule has 0 unspecified atom stereocenters. The van der Waals surface area contributed by atoms with Crippen LogP contribution in [0.3, 0.4) is 0 Å².